The normalized spacial score (nSPS) is 10.3. The molecule has 3 aromatic rings. The zero-order chi connectivity index (χ0) is 16.9. The lowest BCUT2D eigenvalue weighted by Gasteiger charge is -2.10. The number of fused-ring (bicyclic) bond motifs is 1. The molecule has 0 aromatic heterocycles. The molecule has 0 radical (unpaired) electrons. The largest absolute Gasteiger partial charge is 0.376 e. The van der Waals surface area contributed by atoms with Crippen LogP contribution in [0.1, 0.15) is 0 Å². The molecule has 0 aliphatic carbocycles. The molecule has 2 N–H and O–H groups in total. The molecule has 6 heteroatoms. The second kappa shape index (κ2) is 6.78. The molecule has 0 spiro atoms. The second-order valence-corrected chi connectivity index (χ2v) is 5.23. The Hall–Kier alpha value is -3.41. The smallest absolute Gasteiger partial charge is 0.269 e. The molecular weight excluding hydrogens is 306 g/mol. The Morgan fingerprint density at radius 3 is 2.42 bits per heavy atom. The number of carbonyl (C=O) groups excluding carboxylic acids is 1. The molecule has 3 rings (SSSR count). The van der Waals surface area contributed by atoms with Gasteiger partial charge in [-0.05, 0) is 23.6 Å². The van der Waals surface area contributed by atoms with Crippen LogP contribution in [-0.4, -0.2) is 17.4 Å². The summed E-state index contributed by atoms with van der Waals surface area (Å²) >= 11 is 0. The number of non-ortho nitro benzene ring substituents is 1. The second-order valence-electron chi connectivity index (χ2n) is 5.23. The number of nitro benzene ring substituents is 1. The van der Waals surface area contributed by atoms with Crippen LogP contribution in [0, 0.1) is 10.1 Å². The van der Waals surface area contributed by atoms with Crippen molar-refractivity contribution in [1.82, 2.24) is 0 Å². The van der Waals surface area contributed by atoms with Crippen LogP contribution in [0.4, 0.5) is 17.1 Å². The zero-order valence-electron chi connectivity index (χ0n) is 12.7. The third-order valence-corrected chi connectivity index (χ3v) is 3.59. The molecule has 0 aliphatic rings. The number of nitrogens with zero attached hydrogens (tertiary/aromatic N) is 1. The number of carbonyl (C=O) groups is 1. The van der Waals surface area contributed by atoms with Crippen LogP contribution >= 0.6 is 0 Å². The summed E-state index contributed by atoms with van der Waals surface area (Å²) in [4.78, 5) is 22.2. The Bertz CT molecular complexity index is 886. The van der Waals surface area contributed by atoms with E-state index >= 15 is 0 Å². The van der Waals surface area contributed by atoms with Gasteiger partial charge in [0.25, 0.3) is 5.69 Å². The van der Waals surface area contributed by atoms with E-state index in [9.17, 15) is 14.9 Å². The van der Waals surface area contributed by atoms with E-state index in [4.69, 9.17) is 0 Å². The summed E-state index contributed by atoms with van der Waals surface area (Å²) < 4.78 is 0. The molecule has 0 saturated heterocycles. The molecule has 0 bridgehead atoms. The molecule has 0 unspecified atom stereocenters. The molecule has 6 nitrogen and oxygen atoms in total. The summed E-state index contributed by atoms with van der Waals surface area (Å²) in [6.07, 6.45) is 0. The lowest BCUT2D eigenvalue weighted by Crippen LogP contribution is -2.21. The monoisotopic (exact) mass is 321 g/mol. The van der Waals surface area contributed by atoms with Crippen molar-refractivity contribution in [2.45, 2.75) is 0 Å². The molecule has 0 atom stereocenters. The summed E-state index contributed by atoms with van der Waals surface area (Å²) in [6.45, 7) is 0.102. The Labute approximate surface area is 138 Å². The van der Waals surface area contributed by atoms with Gasteiger partial charge in [-0.15, -0.1) is 0 Å². The Morgan fingerprint density at radius 2 is 1.67 bits per heavy atom. The van der Waals surface area contributed by atoms with Crippen LogP contribution in [0.15, 0.2) is 66.7 Å². The molecule has 0 saturated carbocycles. The maximum atomic E-state index is 12.0. The van der Waals surface area contributed by atoms with Gasteiger partial charge in [0.1, 0.15) is 0 Å². The highest BCUT2D eigenvalue weighted by atomic mass is 16.6. The number of benzene rings is 3. The van der Waals surface area contributed by atoms with Crippen LogP contribution in [0.3, 0.4) is 0 Å². The summed E-state index contributed by atoms with van der Waals surface area (Å²) in [6, 6.07) is 19.5. The Balaban J connectivity index is 1.64. The topological polar surface area (TPSA) is 84.3 Å². The van der Waals surface area contributed by atoms with E-state index in [0.717, 1.165) is 16.5 Å². The summed E-state index contributed by atoms with van der Waals surface area (Å²) in [5.41, 5.74) is 1.39. The van der Waals surface area contributed by atoms with Crippen molar-refractivity contribution >= 4 is 33.7 Å². The highest BCUT2D eigenvalue weighted by molar-refractivity contribution is 5.97. The maximum Gasteiger partial charge on any atom is 0.269 e. The van der Waals surface area contributed by atoms with Crippen molar-refractivity contribution in [1.29, 1.82) is 0 Å². The minimum atomic E-state index is -0.479. The third kappa shape index (κ3) is 3.49. The van der Waals surface area contributed by atoms with E-state index in [1.165, 1.54) is 24.3 Å². The molecular formula is C18H15N3O3. The molecule has 120 valence electrons. The summed E-state index contributed by atoms with van der Waals surface area (Å²) in [5.74, 6) is -0.225. The first-order valence-electron chi connectivity index (χ1n) is 7.39. The molecule has 0 aliphatic heterocycles. The molecule has 0 fully saturated rings. The van der Waals surface area contributed by atoms with Gasteiger partial charge in [-0.2, -0.15) is 0 Å². The van der Waals surface area contributed by atoms with Gasteiger partial charge in [0, 0.05) is 28.9 Å². The lowest BCUT2D eigenvalue weighted by molar-refractivity contribution is -0.384. The SMILES string of the molecule is O=C(CNc1cccc2ccccc12)Nc1ccc([N+](=O)[O-])cc1. The fourth-order valence-electron chi connectivity index (χ4n) is 2.43. The average Bonchev–Trinajstić information content (AvgIpc) is 2.60. The fraction of sp³-hybridized carbons (Fsp3) is 0.0556. The van der Waals surface area contributed by atoms with E-state index in [1.54, 1.807) is 0 Å². The predicted molar refractivity (Wildman–Crippen MR) is 94.2 cm³/mol. The van der Waals surface area contributed by atoms with Gasteiger partial charge < -0.3 is 10.6 Å². The number of hydrogen-bond donors (Lipinski definition) is 2. The third-order valence-electron chi connectivity index (χ3n) is 3.59. The minimum absolute atomic E-state index is 0.0121. The first-order valence-corrected chi connectivity index (χ1v) is 7.39. The van der Waals surface area contributed by atoms with E-state index in [-0.39, 0.29) is 18.1 Å². The van der Waals surface area contributed by atoms with Gasteiger partial charge in [-0.3, -0.25) is 14.9 Å². The predicted octanol–water partition coefficient (Wildman–Crippen LogP) is 3.80. The van der Waals surface area contributed by atoms with Gasteiger partial charge in [0.2, 0.25) is 5.91 Å². The summed E-state index contributed by atoms with van der Waals surface area (Å²) in [7, 11) is 0. The average molecular weight is 321 g/mol. The van der Waals surface area contributed by atoms with Crippen LogP contribution in [0.25, 0.3) is 10.8 Å². The number of anilines is 2. The summed E-state index contributed by atoms with van der Waals surface area (Å²) in [5, 5.41) is 18.6. The van der Waals surface area contributed by atoms with E-state index in [1.807, 2.05) is 42.5 Å². The lowest BCUT2D eigenvalue weighted by atomic mass is 10.1. The van der Waals surface area contributed by atoms with Crippen LogP contribution in [-0.2, 0) is 4.79 Å². The highest BCUT2D eigenvalue weighted by Gasteiger charge is 2.07. The van der Waals surface area contributed by atoms with Crippen LogP contribution in [0.2, 0.25) is 0 Å². The minimum Gasteiger partial charge on any atom is -0.376 e. The number of amides is 1. The molecule has 3 aromatic carbocycles. The Morgan fingerprint density at radius 1 is 0.958 bits per heavy atom. The molecule has 1 amide bonds. The Kier molecular flexibility index (Phi) is 4.38. The van der Waals surface area contributed by atoms with Crippen molar-refractivity contribution in [3.8, 4) is 0 Å². The van der Waals surface area contributed by atoms with Gasteiger partial charge >= 0.3 is 0 Å². The van der Waals surface area contributed by atoms with Crippen molar-refractivity contribution in [2.75, 3.05) is 17.2 Å². The maximum absolute atomic E-state index is 12.0. The van der Waals surface area contributed by atoms with Crippen LogP contribution in [0.5, 0.6) is 0 Å². The zero-order valence-corrected chi connectivity index (χ0v) is 12.7. The van der Waals surface area contributed by atoms with Crippen molar-refractivity contribution < 1.29 is 9.72 Å². The van der Waals surface area contributed by atoms with Gasteiger partial charge in [-0.1, -0.05) is 36.4 Å². The van der Waals surface area contributed by atoms with Gasteiger partial charge in [0.05, 0.1) is 11.5 Å². The molecule has 24 heavy (non-hydrogen) atoms. The number of nitro groups is 1. The standard InChI is InChI=1S/C18H15N3O3/c22-18(20-14-8-10-15(11-9-14)21(23)24)12-19-17-7-3-5-13-4-1-2-6-16(13)17/h1-11,19H,12H2,(H,20,22). The van der Waals surface area contributed by atoms with E-state index in [0.29, 0.717) is 5.69 Å². The number of hydrogen-bond acceptors (Lipinski definition) is 4. The van der Waals surface area contributed by atoms with E-state index < -0.39 is 4.92 Å². The number of rotatable bonds is 5. The fourth-order valence-corrected chi connectivity index (χ4v) is 2.43. The van der Waals surface area contributed by atoms with Crippen molar-refractivity contribution in [3.63, 3.8) is 0 Å². The first-order chi connectivity index (χ1) is 11.6. The first kappa shape index (κ1) is 15.5. The number of nitrogens with one attached hydrogen (secondary N) is 2. The van der Waals surface area contributed by atoms with Crippen molar-refractivity contribution in [3.05, 3.63) is 76.8 Å². The molecule has 0 heterocycles. The quantitative estimate of drug-likeness (QED) is 0.553. The van der Waals surface area contributed by atoms with Gasteiger partial charge in [-0.25, -0.2) is 0 Å². The van der Waals surface area contributed by atoms with E-state index in [2.05, 4.69) is 10.6 Å². The van der Waals surface area contributed by atoms with Crippen LogP contribution < -0.4 is 10.6 Å². The highest BCUT2D eigenvalue weighted by Crippen LogP contribution is 2.22. The van der Waals surface area contributed by atoms with Crippen molar-refractivity contribution in [2.24, 2.45) is 0 Å². The van der Waals surface area contributed by atoms with Gasteiger partial charge in [0.15, 0.2) is 0 Å².